The summed E-state index contributed by atoms with van der Waals surface area (Å²) in [6, 6.07) is 5.84. The van der Waals surface area contributed by atoms with Gasteiger partial charge in [-0.25, -0.2) is 4.98 Å². The number of carbonyl (C=O) groups is 1. The molecule has 1 amide bonds. The predicted molar refractivity (Wildman–Crippen MR) is 77.3 cm³/mol. The molecule has 3 N–H and O–H groups in total. The van der Waals surface area contributed by atoms with Crippen LogP contribution in [-0.4, -0.2) is 17.4 Å². The van der Waals surface area contributed by atoms with Crippen molar-refractivity contribution in [1.82, 2.24) is 10.3 Å². The fourth-order valence-corrected chi connectivity index (χ4v) is 3.57. The van der Waals surface area contributed by atoms with Gasteiger partial charge in [-0.2, -0.15) is 0 Å². The van der Waals surface area contributed by atoms with Crippen LogP contribution in [0.25, 0.3) is 10.4 Å². The molecule has 3 heterocycles. The Bertz CT molecular complexity index is 641. The number of nitrogen functional groups attached to an aromatic ring is 1. The van der Waals surface area contributed by atoms with E-state index in [1.165, 1.54) is 4.88 Å². The third-order valence-electron chi connectivity index (χ3n) is 3.15. The van der Waals surface area contributed by atoms with Crippen molar-refractivity contribution in [2.45, 2.75) is 12.3 Å². The first-order chi connectivity index (χ1) is 9.13. The number of anilines is 1. The standard InChI is InChI=1S/C13H12ClN3OS/c14-9-6-16-12(15)4-8(9)11-2-1-10(19-11)7-3-13(18)17-5-7/h1-2,4,6-7H,3,5H2,(H2,15,16)(H,17,18). The number of carbonyl (C=O) groups excluding carboxylic acids is 1. The van der Waals surface area contributed by atoms with Crippen LogP contribution in [0.4, 0.5) is 5.82 Å². The van der Waals surface area contributed by atoms with Crippen molar-refractivity contribution in [2.24, 2.45) is 0 Å². The summed E-state index contributed by atoms with van der Waals surface area (Å²) < 4.78 is 0. The summed E-state index contributed by atoms with van der Waals surface area (Å²) in [5.41, 5.74) is 6.58. The number of pyridine rings is 1. The molecule has 0 saturated carbocycles. The Morgan fingerprint density at radius 1 is 1.47 bits per heavy atom. The summed E-state index contributed by atoms with van der Waals surface area (Å²) >= 11 is 7.79. The second-order valence-corrected chi connectivity index (χ2v) is 6.02. The van der Waals surface area contributed by atoms with Crippen LogP contribution < -0.4 is 11.1 Å². The molecule has 3 rings (SSSR count). The van der Waals surface area contributed by atoms with Gasteiger partial charge in [-0.05, 0) is 18.2 Å². The highest BCUT2D eigenvalue weighted by Gasteiger charge is 2.24. The Hall–Kier alpha value is -1.59. The molecule has 1 aliphatic heterocycles. The van der Waals surface area contributed by atoms with E-state index in [-0.39, 0.29) is 11.8 Å². The number of hydrogen-bond donors (Lipinski definition) is 2. The molecule has 0 radical (unpaired) electrons. The van der Waals surface area contributed by atoms with E-state index < -0.39 is 0 Å². The summed E-state index contributed by atoms with van der Waals surface area (Å²) in [7, 11) is 0. The maximum absolute atomic E-state index is 11.2. The molecule has 1 fully saturated rings. The van der Waals surface area contributed by atoms with Crippen molar-refractivity contribution in [3.8, 4) is 10.4 Å². The Kier molecular flexibility index (Phi) is 3.16. The normalized spacial score (nSPS) is 18.6. The lowest BCUT2D eigenvalue weighted by molar-refractivity contribution is -0.119. The van der Waals surface area contributed by atoms with Crippen LogP contribution >= 0.6 is 22.9 Å². The van der Waals surface area contributed by atoms with Crippen molar-refractivity contribution < 1.29 is 4.79 Å². The third-order valence-corrected chi connectivity index (χ3v) is 4.73. The molecule has 1 atom stereocenters. The summed E-state index contributed by atoms with van der Waals surface area (Å²) in [6.45, 7) is 0.713. The molecule has 98 valence electrons. The number of halogens is 1. The van der Waals surface area contributed by atoms with E-state index in [2.05, 4.69) is 16.4 Å². The van der Waals surface area contributed by atoms with Gasteiger partial charge in [0.1, 0.15) is 5.82 Å². The lowest BCUT2D eigenvalue weighted by Crippen LogP contribution is -2.13. The zero-order valence-electron chi connectivity index (χ0n) is 10.0. The van der Waals surface area contributed by atoms with Gasteiger partial charge in [0.2, 0.25) is 5.91 Å². The van der Waals surface area contributed by atoms with Gasteiger partial charge >= 0.3 is 0 Å². The van der Waals surface area contributed by atoms with Crippen LogP contribution in [0.15, 0.2) is 24.4 Å². The average molecular weight is 294 g/mol. The van der Waals surface area contributed by atoms with Crippen molar-refractivity contribution in [1.29, 1.82) is 0 Å². The summed E-state index contributed by atoms with van der Waals surface area (Å²) in [5, 5.41) is 3.44. The minimum atomic E-state index is 0.117. The van der Waals surface area contributed by atoms with E-state index in [1.807, 2.05) is 6.07 Å². The molecule has 1 saturated heterocycles. The highest BCUT2D eigenvalue weighted by Crippen LogP contribution is 2.37. The van der Waals surface area contributed by atoms with Crippen molar-refractivity contribution in [2.75, 3.05) is 12.3 Å². The maximum atomic E-state index is 11.2. The van der Waals surface area contributed by atoms with E-state index >= 15 is 0 Å². The number of amides is 1. The van der Waals surface area contributed by atoms with Crippen LogP contribution in [0.2, 0.25) is 5.02 Å². The zero-order valence-corrected chi connectivity index (χ0v) is 11.6. The Balaban J connectivity index is 1.92. The Labute approximate surface area is 119 Å². The van der Waals surface area contributed by atoms with Gasteiger partial charge in [-0.3, -0.25) is 4.79 Å². The number of thiophene rings is 1. The van der Waals surface area contributed by atoms with E-state index in [4.69, 9.17) is 17.3 Å². The first kappa shape index (κ1) is 12.4. The van der Waals surface area contributed by atoms with Crippen molar-refractivity contribution in [3.05, 3.63) is 34.3 Å². The number of nitrogens with two attached hydrogens (primary N) is 1. The number of aromatic nitrogens is 1. The molecule has 0 bridgehead atoms. The van der Waals surface area contributed by atoms with Crippen LogP contribution in [0.5, 0.6) is 0 Å². The van der Waals surface area contributed by atoms with E-state index in [0.29, 0.717) is 23.8 Å². The molecular formula is C13H12ClN3OS. The SMILES string of the molecule is Nc1cc(-c2ccc(C3CNC(=O)C3)s2)c(Cl)cn1. The molecule has 0 aliphatic carbocycles. The molecule has 1 aliphatic rings. The number of nitrogens with one attached hydrogen (secondary N) is 1. The minimum absolute atomic E-state index is 0.117. The molecular weight excluding hydrogens is 282 g/mol. The summed E-state index contributed by atoms with van der Waals surface area (Å²) in [4.78, 5) is 17.4. The topological polar surface area (TPSA) is 68.0 Å². The average Bonchev–Trinajstić information content (AvgIpc) is 3.00. The van der Waals surface area contributed by atoms with Crippen molar-refractivity contribution in [3.63, 3.8) is 0 Å². The lowest BCUT2D eigenvalue weighted by atomic mass is 10.1. The first-order valence-electron chi connectivity index (χ1n) is 5.91. The molecule has 6 heteroatoms. The highest BCUT2D eigenvalue weighted by molar-refractivity contribution is 7.15. The molecule has 19 heavy (non-hydrogen) atoms. The maximum Gasteiger partial charge on any atom is 0.220 e. The van der Waals surface area contributed by atoms with E-state index in [0.717, 1.165) is 10.4 Å². The van der Waals surface area contributed by atoms with E-state index in [9.17, 15) is 4.79 Å². The molecule has 2 aromatic heterocycles. The fraction of sp³-hybridized carbons (Fsp3) is 0.231. The third kappa shape index (κ3) is 2.43. The van der Waals surface area contributed by atoms with Gasteiger partial charge in [0.25, 0.3) is 0 Å². The smallest absolute Gasteiger partial charge is 0.220 e. The fourth-order valence-electron chi connectivity index (χ4n) is 2.17. The Morgan fingerprint density at radius 2 is 2.32 bits per heavy atom. The molecule has 2 aromatic rings. The van der Waals surface area contributed by atoms with Gasteiger partial charge in [0.15, 0.2) is 0 Å². The number of hydrogen-bond acceptors (Lipinski definition) is 4. The molecule has 0 spiro atoms. The molecule has 4 nitrogen and oxygen atoms in total. The van der Waals surface area contributed by atoms with Crippen LogP contribution in [0.1, 0.15) is 17.2 Å². The van der Waals surface area contributed by atoms with Crippen LogP contribution in [-0.2, 0) is 4.79 Å². The highest BCUT2D eigenvalue weighted by atomic mass is 35.5. The molecule has 1 unspecified atom stereocenters. The first-order valence-corrected chi connectivity index (χ1v) is 7.11. The Morgan fingerprint density at radius 3 is 3.05 bits per heavy atom. The summed E-state index contributed by atoms with van der Waals surface area (Å²) in [6.07, 6.45) is 2.12. The van der Waals surface area contributed by atoms with Crippen LogP contribution in [0, 0.1) is 0 Å². The van der Waals surface area contributed by atoms with Crippen LogP contribution in [0.3, 0.4) is 0 Å². The van der Waals surface area contributed by atoms with Gasteiger partial charge in [-0.1, -0.05) is 11.6 Å². The second kappa shape index (κ2) is 4.83. The number of nitrogens with zero attached hydrogens (tertiary/aromatic N) is 1. The number of rotatable bonds is 2. The lowest BCUT2D eigenvalue weighted by Gasteiger charge is -2.04. The quantitative estimate of drug-likeness (QED) is 0.894. The van der Waals surface area contributed by atoms with Crippen molar-refractivity contribution >= 4 is 34.7 Å². The van der Waals surface area contributed by atoms with Gasteiger partial charge in [0.05, 0.1) is 5.02 Å². The van der Waals surface area contributed by atoms with Gasteiger partial charge < -0.3 is 11.1 Å². The largest absolute Gasteiger partial charge is 0.384 e. The minimum Gasteiger partial charge on any atom is -0.384 e. The monoisotopic (exact) mass is 293 g/mol. The molecule has 0 aromatic carbocycles. The summed E-state index contributed by atoms with van der Waals surface area (Å²) in [5.74, 6) is 0.836. The zero-order chi connectivity index (χ0) is 13.4. The predicted octanol–water partition coefficient (Wildman–Crippen LogP) is 2.65. The van der Waals surface area contributed by atoms with E-state index in [1.54, 1.807) is 23.6 Å². The van der Waals surface area contributed by atoms with Gasteiger partial charge in [-0.15, -0.1) is 11.3 Å². The second-order valence-electron chi connectivity index (χ2n) is 4.50. The van der Waals surface area contributed by atoms with Gasteiger partial charge in [0, 0.05) is 40.4 Å².